The number of thiophene rings is 1. The number of rotatable bonds is 6. The van der Waals surface area contributed by atoms with Crippen LogP contribution in [0.4, 0.5) is 4.39 Å². The summed E-state index contributed by atoms with van der Waals surface area (Å²) in [6, 6.07) is 18.7. The predicted molar refractivity (Wildman–Crippen MR) is 130 cm³/mol. The van der Waals surface area contributed by atoms with Gasteiger partial charge in [0.15, 0.2) is 0 Å². The lowest BCUT2D eigenvalue weighted by Gasteiger charge is -2.37. The van der Waals surface area contributed by atoms with Crippen molar-refractivity contribution in [3.63, 3.8) is 0 Å². The van der Waals surface area contributed by atoms with Crippen molar-refractivity contribution in [3.8, 4) is 0 Å². The lowest BCUT2D eigenvalue weighted by atomic mass is 9.93. The maximum atomic E-state index is 13.7. The molecular weight excluding hydrogens is 447 g/mol. The molecule has 2 heterocycles. The van der Waals surface area contributed by atoms with Crippen LogP contribution in [0.3, 0.4) is 0 Å². The predicted octanol–water partition coefficient (Wildman–Crippen LogP) is 5.16. The van der Waals surface area contributed by atoms with Gasteiger partial charge in [-0.1, -0.05) is 42.5 Å². The Hall–Kier alpha value is -2.99. The number of fused-ring (bicyclic) bond motifs is 1. The number of halogens is 1. The van der Waals surface area contributed by atoms with E-state index < -0.39 is 0 Å². The van der Waals surface area contributed by atoms with Crippen LogP contribution in [0.1, 0.15) is 52.8 Å². The van der Waals surface area contributed by atoms with Crippen LogP contribution in [-0.2, 0) is 16.0 Å². The van der Waals surface area contributed by atoms with E-state index in [4.69, 9.17) is 0 Å². The second-order valence-electron chi connectivity index (χ2n) is 9.65. The molecule has 2 fully saturated rings. The van der Waals surface area contributed by atoms with E-state index >= 15 is 0 Å². The van der Waals surface area contributed by atoms with Gasteiger partial charge in [-0.05, 0) is 71.9 Å². The summed E-state index contributed by atoms with van der Waals surface area (Å²) in [7, 11) is 0. The molecule has 0 bridgehead atoms. The molecule has 4 nitrogen and oxygen atoms in total. The minimum Gasteiger partial charge on any atom is -0.330 e. The molecule has 3 aromatic rings. The Morgan fingerprint density at radius 1 is 1.00 bits per heavy atom. The summed E-state index contributed by atoms with van der Waals surface area (Å²) in [4.78, 5) is 32.2. The Kier molecular flexibility index (Phi) is 5.48. The van der Waals surface area contributed by atoms with Crippen LogP contribution < -0.4 is 0 Å². The molecule has 2 aliphatic carbocycles. The third kappa shape index (κ3) is 4.05. The summed E-state index contributed by atoms with van der Waals surface area (Å²) >= 11 is 1.71. The summed E-state index contributed by atoms with van der Waals surface area (Å²) in [6.07, 6.45) is 3.61. The molecule has 6 rings (SSSR count). The zero-order chi connectivity index (χ0) is 23.2. The molecular formula is C28H27FN2O2S. The fourth-order valence-corrected chi connectivity index (χ4v) is 6.25. The average molecular weight is 475 g/mol. The first-order valence-electron chi connectivity index (χ1n) is 12.1. The molecule has 3 atom stereocenters. The highest BCUT2D eigenvalue weighted by molar-refractivity contribution is 7.10. The fraction of sp³-hybridized carbons (Fsp3) is 0.357. The molecule has 174 valence electrons. The van der Waals surface area contributed by atoms with Crippen LogP contribution >= 0.6 is 11.3 Å². The van der Waals surface area contributed by atoms with Gasteiger partial charge in [-0.3, -0.25) is 9.59 Å². The standard InChI is InChI=1S/C28H27FN2O2S/c29-20-8-6-19(7-9-20)27-22-13-15-34-25(22)12-14-30(27)26(32)17-31(21-10-11-21)28(33)24-16-23(24)18-4-2-1-3-5-18/h1-9,13,15,21,23-24,27H,10-12,14,16-17H2. The van der Waals surface area contributed by atoms with Crippen LogP contribution in [0.25, 0.3) is 0 Å². The number of amides is 2. The van der Waals surface area contributed by atoms with Gasteiger partial charge in [0.05, 0.1) is 6.04 Å². The van der Waals surface area contributed by atoms with Gasteiger partial charge in [0, 0.05) is 23.4 Å². The molecule has 34 heavy (non-hydrogen) atoms. The second kappa shape index (κ2) is 8.66. The van der Waals surface area contributed by atoms with E-state index in [1.54, 1.807) is 23.5 Å². The van der Waals surface area contributed by atoms with Gasteiger partial charge in [-0.15, -0.1) is 11.3 Å². The molecule has 3 aliphatic rings. The number of carbonyl (C=O) groups is 2. The van der Waals surface area contributed by atoms with E-state index in [0.717, 1.165) is 36.8 Å². The van der Waals surface area contributed by atoms with Crippen molar-refractivity contribution in [1.29, 1.82) is 0 Å². The van der Waals surface area contributed by atoms with Crippen molar-refractivity contribution in [2.24, 2.45) is 5.92 Å². The first-order chi connectivity index (χ1) is 16.6. The Morgan fingerprint density at radius 3 is 2.50 bits per heavy atom. The lowest BCUT2D eigenvalue weighted by molar-refractivity contribution is -0.143. The largest absolute Gasteiger partial charge is 0.330 e. The van der Waals surface area contributed by atoms with Gasteiger partial charge in [-0.25, -0.2) is 4.39 Å². The van der Waals surface area contributed by atoms with E-state index in [1.807, 2.05) is 28.0 Å². The summed E-state index contributed by atoms with van der Waals surface area (Å²) in [5.41, 5.74) is 3.23. The third-order valence-corrected chi connectivity index (χ3v) is 8.38. The first kappa shape index (κ1) is 21.5. The first-order valence-corrected chi connectivity index (χ1v) is 12.9. The Morgan fingerprint density at radius 2 is 1.76 bits per heavy atom. The number of hydrogen-bond acceptors (Lipinski definition) is 3. The maximum Gasteiger partial charge on any atom is 0.243 e. The number of benzene rings is 2. The molecule has 2 aromatic carbocycles. The molecule has 1 aliphatic heterocycles. The van der Waals surface area contributed by atoms with Crippen LogP contribution in [-0.4, -0.2) is 40.7 Å². The van der Waals surface area contributed by atoms with E-state index in [9.17, 15) is 14.0 Å². The van der Waals surface area contributed by atoms with E-state index in [-0.39, 0.29) is 48.1 Å². The van der Waals surface area contributed by atoms with Gasteiger partial charge in [0.2, 0.25) is 11.8 Å². The minimum absolute atomic E-state index is 0.0199. The molecule has 0 spiro atoms. The van der Waals surface area contributed by atoms with Gasteiger partial charge in [0.25, 0.3) is 0 Å². The highest BCUT2D eigenvalue weighted by Crippen LogP contribution is 2.49. The molecule has 1 aromatic heterocycles. The number of carbonyl (C=O) groups excluding carboxylic acids is 2. The van der Waals surface area contributed by atoms with Crippen molar-refractivity contribution in [2.75, 3.05) is 13.1 Å². The van der Waals surface area contributed by atoms with Crippen molar-refractivity contribution in [2.45, 2.75) is 43.7 Å². The number of nitrogens with zero attached hydrogens (tertiary/aromatic N) is 2. The summed E-state index contributed by atoms with van der Waals surface area (Å²) in [6.45, 7) is 0.732. The highest BCUT2D eigenvalue weighted by atomic mass is 32.1. The normalized spacial score (nSPS) is 23.3. The molecule has 0 saturated heterocycles. The smallest absolute Gasteiger partial charge is 0.243 e. The fourth-order valence-electron chi connectivity index (χ4n) is 5.35. The molecule has 0 radical (unpaired) electrons. The van der Waals surface area contributed by atoms with Crippen molar-refractivity contribution >= 4 is 23.2 Å². The number of hydrogen-bond donors (Lipinski definition) is 0. The summed E-state index contributed by atoms with van der Waals surface area (Å²) in [5.74, 6) is 0.0550. The molecule has 2 saturated carbocycles. The van der Waals surface area contributed by atoms with Crippen molar-refractivity contribution in [1.82, 2.24) is 9.80 Å². The van der Waals surface area contributed by atoms with E-state index in [1.165, 1.54) is 22.6 Å². The highest BCUT2D eigenvalue weighted by Gasteiger charge is 2.49. The van der Waals surface area contributed by atoms with Gasteiger partial charge >= 0.3 is 0 Å². The van der Waals surface area contributed by atoms with Crippen LogP contribution in [0.5, 0.6) is 0 Å². The minimum atomic E-state index is -0.286. The van der Waals surface area contributed by atoms with Crippen LogP contribution in [0, 0.1) is 11.7 Å². The Bertz CT molecular complexity index is 1200. The average Bonchev–Trinajstić information content (AvgIpc) is 3.79. The van der Waals surface area contributed by atoms with Gasteiger partial charge < -0.3 is 9.80 Å². The Balaban J connectivity index is 1.22. The second-order valence-corrected chi connectivity index (χ2v) is 10.6. The summed E-state index contributed by atoms with van der Waals surface area (Å²) < 4.78 is 13.6. The third-order valence-electron chi connectivity index (χ3n) is 7.38. The lowest BCUT2D eigenvalue weighted by Crippen LogP contribution is -2.47. The summed E-state index contributed by atoms with van der Waals surface area (Å²) in [5, 5.41) is 2.06. The van der Waals surface area contributed by atoms with Gasteiger partial charge in [-0.2, -0.15) is 0 Å². The van der Waals surface area contributed by atoms with Gasteiger partial charge in [0.1, 0.15) is 12.4 Å². The molecule has 2 amide bonds. The molecule has 3 unspecified atom stereocenters. The van der Waals surface area contributed by atoms with Crippen LogP contribution in [0.15, 0.2) is 66.0 Å². The van der Waals surface area contributed by atoms with E-state index in [2.05, 4.69) is 23.6 Å². The zero-order valence-corrected chi connectivity index (χ0v) is 19.7. The molecule has 0 N–H and O–H groups in total. The van der Waals surface area contributed by atoms with Crippen molar-refractivity contribution < 1.29 is 14.0 Å². The zero-order valence-electron chi connectivity index (χ0n) is 18.9. The monoisotopic (exact) mass is 474 g/mol. The topological polar surface area (TPSA) is 40.6 Å². The SMILES string of the molecule is O=C(C1CC1c1ccccc1)N(CC(=O)N1CCc2sccc2C1c1ccc(F)cc1)C1CC1. The van der Waals surface area contributed by atoms with Crippen LogP contribution in [0.2, 0.25) is 0 Å². The van der Waals surface area contributed by atoms with Crippen molar-refractivity contribution in [3.05, 3.63) is 93.4 Å². The Labute approximate surface area is 203 Å². The quantitative estimate of drug-likeness (QED) is 0.495. The molecule has 6 heteroatoms. The maximum absolute atomic E-state index is 13.7. The van der Waals surface area contributed by atoms with E-state index in [0.29, 0.717) is 6.54 Å².